The van der Waals surface area contributed by atoms with Crippen LogP contribution in [0.5, 0.6) is 0 Å². The Morgan fingerprint density at radius 2 is 2.10 bits per heavy atom. The van der Waals surface area contributed by atoms with Crippen molar-refractivity contribution in [2.75, 3.05) is 6.54 Å². The summed E-state index contributed by atoms with van der Waals surface area (Å²) in [6, 6.07) is 7.22. The number of rotatable bonds is 6. The Balaban J connectivity index is 2.24. The number of benzene rings is 1. The molecule has 1 heterocycles. The van der Waals surface area contributed by atoms with E-state index in [0.29, 0.717) is 30.7 Å². The van der Waals surface area contributed by atoms with Crippen LogP contribution in [0.3, 0.4) is 0 Å². The van der Waals surface area contributed by atoms with E-state index in [1.165, 1.54) is 0 Å². The normalized spacial score (nSPS) is 14.3. The fourth-order valence-corrected chi connectivity index (χ4v) is 2.03. The summed E-state index contributed by atoms with van der Waals surface area (Å²) < 4.78 is 5.37. The summed E-state index contributed by atoms with van der Waals surface area (Å²) in [5.41, 5.74) is 0.368. The van der Waals surface area contributed by atoms with Gasteiger partial charge >= 0.3 is 5.97 Å². The molecule has 0 spiro atoms. The quantitative estimate of drug-likeness (QED) is 0.755. The van der Waals surface area contributed by atoms with E-state index in [9.17, 15) is 15.0 Å². The van der Waals surface area contributed by atoms with Crippen molar-refractivity contribution in [2.24, 2.45) is 0 Å². The Bertz CT molecular complexity index is 615. The van der Waals surface area contributed by atoms with Gasteiger partial charge in [-0.15, -0.1) is 0 Å². The highest BCUT2D eigenvalue weighted by Gasteiger charge is 2.21. The van der Waals surface area contributed by atoms with E-state index in [4.69, 9.17) is 4.42 Å². The molecule has 0 aliphatic carbocycles. The zero-order valence-electron chi connectivity index (χ0n) is 11.6. The summed E-state index contributed by atoms with van der Waals surface area (Å²) in [6.45, 7) is 4.38. The van der Waals surface area contributed by atoms with Crippen LogP contribution in [0, 0.1) is 0 Å². The third-order valence-electron chi connectivity index (χ3n) is 3.46. The molecule has 0 saturated carbocycles. The van der Waals surface area contributed by atoms with Crippen LogP contribution in [-0.4, -0.2) is 28.3 Å². The van der Waals surface area contributed by atoms with E-state index >= 15 is 0 Å². The maximum Gasteiger partial charge on any atom is 0.372 e. The average Bonchev–Trinajstić information content (AvgIpc) is 2.78. The molecule has 3 N–H and O–H groups in total. The van der Waals surface area contributed by atoms with E-state index in [0.717, 1.165) is 5.39 Å². The Kier molecular flexibility index (Phi) is 4.11. The summed E-state index contributed by atoms with van der Waals surface area (Å²) in [5.74, 6) is -1.13. The minimum absolute atomic E-state index is 0.0464. The van der Waals surface area contributed by atoms with Crippen LogP contribution in [0.15, 0.2) is 28.7 Å². The maximum atomic E-state index is 11.2. The Morgan fingerprint density at radius 3 is 2.75 bits per heavy atom. The van der Waals surface area contributed by atoms with Crippen LogP contribution < -0.4 is 5.32 Å². The van der Waals surface area contributed by atoms with Crippen LogP contribution in [-0.2, 0) is 6.54 Å². The van der Waals surface area contributed by atoms with Gasteiger partial charge < -0.3 is 19.9 Å². The molecule has 0 aliphatic rings. The van der Waals surface area contributed by atoms with Crippen molar-refractivity contribution >= 4 is 16.9 Å². The smallest absolute Gasteiger partial charge is 0.372 e. The second-order valence-corrected chi connectivity index (χ2v) is 5.17. The first kappa shape index (κ1) is 14.6. The number of hydrogen-bond acceptors (Lipinski definition) is 4. The second kappa shape index (κ2) is 5.64. The van der Waals surface area contributed by atoms with Crippen molar-refractivity contribution in [1.82, 2.24) is 5.32 Å². The highest BCUT2D eigenvalue weighted by molar-refractivity contribution is 5.95. The Labute approximate surface area is 117 Å². The van der Waals surface area contributed by atoms with E-state index in [2.05, 4.69) is 5.32 Å². The number of fused-ring (bicyclic) bond motifs is 1. The Hall–Kier alpha value is -1.85. The maximum absolute atomic E-state index is 11.2. The molecule has 0 radical (unpaired) electrons. The molecule has 1 atom stereocenters. The van der Waals surface area contributed by atoms with Crippen molar-refractivity contribution in [1.29, 1.82) is 0 Å². The van der Waals surface area contributed by atoms with Crippen LogP contribution in [0.4, 0.5) is 0 Å². The molecule has 1 aromatic heterocycles. The van der Waals surface area contributed by atoms with Crippen molar-refractivity contribution < 1.29 is 19.4 Å². The first-order chi connectivity index (χ1) is 9.44. The lowest BCUT2D eigenvalue weighted by Gasteiger charge is -2.21. The summed E-state index contributed by atoms with van der Waals surface area (Å²) in [7, 11) is 0. The largest absolute Gasteiger partial charge is 0.475 e. The van der Waals surface area contributed by atoms with Gasteiger partial charge in [0.15, 0.2) is 0 Å². The molecule has 0 fully saturated rings. The number of carboxylic acid groups (broad SMARTS) is 1. The number of furan rings is 1. The fraction of sp³-hybridized carbons (Fsp3) is 0.400. The van der Waals surface area contributed by atoms with Gasteiger partial charge in [-0.25, -0.2) is 4.79 Å². The lowest BCUT2D eigenvalue weighted by atomic mass is 10.0. The summed E-state index contributed by atoms with van der Waals surface area (Å²) in [5, 5.41) is 23.0. The van der Waals surface area contributed by atoms with Gasteiger partial charge in [0.2, 0.25) is 5.76 Å². The van der Waals surface area contributed by atoms with E-state index in [-0.39, 0.29) is 5.76 Å². The third kappa shape index (κ3) is 3.00. The molecule has 0 bridgehead atoms. The highest BCUT2D eigenvalue weighted by atomic mass is 16.4. The summed E-state index contributed by atoms with van der Waals surface area (Å²) in [6.07, 6.45) is 0.623. The first-order valence-corrected chi connectivity index (χ1v) is 6.61. The molecule has 5 nitrogen and oxygen atoms in total. The lowest BCUT2D eigenvalue weighted by Crippen LogP contribution is -2.36. The molecular formula is C15H19NO4. The van der Waals surface area contributed by atoms with Crippen LogP contribution >= 0.6 is 0 Å². The van der Waals surface area contributed by atoms with Gasteiger partial charge in [0.05, 0.1) is 5.60 Å². The van der Waals surface area contributed by atoms with E-state index in [1.807, 2.05) is 19.1 Å². The zero-order chi connectivity index (χ0) is 14.8. The van der Waals surface area contributed by atoms with Crippen molar-refractivity contribution in [3.05, 3.63) is 35.6 Å². The van der Waals surface area contributed by atoms with Gasteiger partial charge in [0.1, 0.15) is 5.58 Å². The van der Waals surface area contributed by atoms with E-state index < -0.39 is 11.6 Å². The molecule has 2 rings (SSSR count). The molecule has 1 aromatic carbocycles. The predicted octanol–water partition coefficient (Wildman–Crippen LogP) is 2.38. The van der Waals surface area contributed by atoms with Crippen LogP contribution in [0.2, 0.25) is 0 Å². The van der Waals surface area contributed by atoms with Gasteiger partial charge in [-0.1, -0.05) is 25.1 Å². The van der Waals surface area contributed by atoms with Crippen LogP contribution in [0.1, 0.15) is 36.4 Å². The topological polar surface area (TPSA) is 82.7 Å². The van der Waals surface area contributed by atoms with Crippen molar-refractivity contribution in [2.45, 2.75) is 32.4 Å². The van der Waals surface area contributed by atoms with Gasteiger partial charge in [-0.05, 0) is 19.4 Å². The molecule has 2 aromatic rings. The monoisotopic (exact) mass is 277 g/mol. The lowest BCUT2D eigenvalue weighted by molar-refractivity contribution is 0.0555. The number of para-hydroxylation sites is 1. The molecule has 108 valence electrons. The number of carbonyl (C=O) groups is 1. The number of carboxylic acids is 1. The van der Waals surface area contributed by atoms with Crippen LogP contribution in [0.25, 0.3) is 11.0 Å². The third-order valence-corrected chi connectivity index (χ3v) is 3.46. The van der Waals surface area contributed by atoms with Gasteiger partial charge in [0, 0.05) is 24.0 Å². The molecule has 1 unspecified atom stereocenters. The standard InChI is InChI=1S/C15H19NO4/c1-3-15(2,19)9-16-8-11-10-6-4-5-7-12(10)20-13(11)14(17)18/h4-7,16,19H,3,8-9H2,1-2H3,(H,17,18). The Morgan fingerprint density at radius 1 is 1.40 bits per heavy atom. The molecule has 0 saturated heterocycles. The van der Waals surface area contributed by atoms with E-state index in [1.54, 1.807) is 19.1 Å². The molecule has 0 amide bonds. The van der Waals surface area contributed by atoms with Gasteiger partial charge in [-0.2, -0.15) is 0 Å². The fourth-order valence-electron chi connectivity index (χ4n) is 2.03. The minimum atomic E-state index is -1.08. The zero-order valence-corrected chi connectivity index (χ0v) is 11.6. The number of nitrogens with one attached hydrogen (secondary N) is 1. The summed E-state index contributed by atoms with van der Waals surface area (Å²) in [4.78, 5) is 11.2. The first-order valence-electron chi connectivity index (χ1n) is 6.61. The van der Waals surface area contributed by atoms with Crippen molar-refractivity contribution in [3.63, 3.8) is 0 Å². The molecule has 0 aliphatic heterocycles. The van der Waals surface area contributed by atoms with Gasteiger partial charge in [0.25, 0.3) is 0 Å². The SMILES string of the molecule is CCC(C)(O)CNCc1c(C(=O)O)oc2ccccc12. The number of hydrogen-bond donors (Lipinski definition) is 3. The molecular weight excluding hydrogens is 258 g/mol. The number of aromatic carboxylic acids is 1. The highest BCUT2D eigenvalue weighted by Crippen LogP contribution is 2.25. The molecule has 5 heteroatoms. The van der Waals surface area contributed by atoms with Gasteiger partial charge in [-0.3, -0.25) is 0 Å². The summed E-state index contributed by atoms with van der Waals surface area (Å²) >= 11 is 0. The predicted molar refractivity (Wildman–Crippen MR) is 75.8 cm³/mol. The number of aliphatic hydroxyl groups is 1. The average molecular weight is 277 g/mol. The van der Waals surface area contributed by atoms with Crippen molar-refractivity contribution in [3.8, 4) is 0 Å². The minimum Gasteiger partial charge on any atom is -0.475 e. The second-order valence-electron chi connectivity index (χ2n) is 5.17. The molecule has 20 heavy (non-hydrogen) atoms.